The largest absolute Gasteiger partial charge is 0.327 e. The highest BCUT2D eigenvalue weighted by molar-refractivity contribution is 4.98. The number of hydrogen-bond donors (Lipinski definition) is 1. The lowest BCUT2D eigenvalue weighted by molar-refractivity contribution is 0.0666. The maximum Gasteiger partial charge on any atom is 0.00737 e. The fourth-order valence-electron chi connectivity index (χ4n) is 3.86. The maximum absolute atomic E-state index is 5.95. The molecule has 0 spiro atoms. The number of nitrogens with two attached hydrogens (primary N) is 1. The van der Waals surface area contributed by atoms with Gasteiger partial charge in [-0.1, -0.05) is 40.0 Å². The zero-order valence-corrected chi connectivity index (χ0v) is 11.3. The van der Waals surface area contributed by atoms with Gasteiger partial charge in [-0.2, -0.15) is 0 Å². The molecule has 2 N–H and O–H groups in total. The average Bonchev–Trinajstić information content (AvgIpc) is 2.91. The third-order valence-electron chi connectivity index (χ3n) is 5.37. The molecule has 0 aromatic heterocycles. The van der Waals surface area contributed by atoms with Crippen LogP contribution in [0.5, 0.6) is 0 Å². The van der Waals surface area contributed by atoms with Crippen molar-refractivity contribution in [3.63, 3.8) is 0 Å². The molecule has 16 heavy (non-hydrogen) atoms. The second-order valence-electron chi connectivity index (χ2n) is 6.37. The first-order valence-electron chi connectivity index (χ1n) is 7.42. The second kappa shape index (κ2) is 5.08. The minimum atomic E-state index is 0.548. The van der Waals surface area contributed by atoms with Crippen molar-refractivity contribution in [3.05, 3.63) is 0 Å². The molecule has 0 bridgehead atoms. The van der Waals surface area contributed by atoms with Crippen molar-refractivity contribution in [2.45, 2.75) is 65.3 Å². The number of rotatable bonds is 6. The highest BCUT2D eigenvalue weighted by atomic mass is 14.8. The molecule has 0 heterocycles. The van der Waals surface area contributed by atoms with E-state index in [0.717, 1.165) is 29.6 Å². The van der Waals surface area contributed by atoms with Crippen LogP contribution >= 0.6 is 0 Å². The minimum absolute atomic E-state index is 0.548. The molecule has 0 saturated heterocycles. The molecular weight excluding hydrogens is 194 g/mol. The molecular formula is C15H29N. The van der Waals surface area contributed by atoms with E-state index in [0.29, 0.717) is 6.04 Å². The number of hydrogen-bond acceptors (Lipinski definition) is 1. The van der Waals surface area contributed by atoms with E-state index in [1.807, 2.05) is 0 Å². The summed E-state index contributed by atoms with van der Waals surface area (Å²) in [6, 6.07) is 0.548. The molecule has 1 nitrogen and oxygen atoms in total. The van der Waals surface area contributed by atoms with Gasteiger partial charge in [-0.05, 0) is 48.9 Å². The van der Waals surface area contributed by atoms with E-state index in [4.69, 9.17) is 5.73 Å². The summed E-state index contributed by atoms with van der Waals surface area (Å²) in [6.07, 6.45) is 8.51. The maximum atomic E-state index is 5.95. The Kier molecular flexibility index (Phi) is 3.94. The van der Waals surface area contributed by atoms with Crippen LogP contribution in [-0.4, -0.2) is 6.04 Å². The molecule has 1 heteroatoms. The van der Waals surface area contributed by atoms with Crippen LogP contribution in [0.3, 0.4) is 0 Å². The average molecular weight is 223 g/mol. The zero-order chi connectivity index (χ0) is 11.7. The summed E-state index contributed by atoms with van der Waals surface area (Å²) in [4.78, 5) is 0. The first-order valence-corrected chi connectivity index (χ1v) is 7.42. The minimum Gasteiger partial charge on any atom is -0.327 e. The van der Waals surface area contributed by atoms with E-state index in [2.05, 4.69) is 20.8 Å². The van der Waals surface area contributed by atoms with Gasteiger partial charge >= 0.3 is 0 Å². The van der Waals surface area contributed by atoms with Gasteiger partial charge in [0.25, 0.3) is 0 Å². The summed E-state index contributed by atoms with van der Waals surface area (Å²) in [5, 5.41) is 0. The van der Waals surface area contributed by atoms with Gasteiger partial charge < -0.3 is 5.73 Å². The Labute approximate surface area is 101 Å². The Morgan fingerprint density at radius 1 is 1.12 bits per heavy atom. The van der Waals surface area contributed by atoms with Gasteiger partial charge in [-0.25, -0.2) is 0 Å². The summed E-state index contributed by atoms with van der Waals surface area (Å²) in [5.74, 6) is 4.85. The van der Waals surface area contributed by atoms with Gasteiger partial charge in [-0.3, -0.25) is 0 Å². The SMILES string of the molecule is CCCC(CC)C1CC(C(C)C2CC2N)C1. The van der Waals surface area contributed by atoms with Crippen LogP contribution in [-0.2, 0) is 0 Å². The van der Waals surface area contributed by atoms with Gasteiger partial charge in [-0.15, -0.1) is 0 Å². The van der Waals surface area contributed by atoms with Gasteiger partial charge in [0.05, 0.1) is 0 Å². The highest BCUT2D eigenvalue weighted by Gasteiger charge is 2.45. The molecule has 4 unspecified atom stereocenters. The molecule has 2 fully saturated rings. The summed E-state index contributed by atoms with van der Waals surface area (Å²) in [5.41, 5.74) is 5.95. The zero-order valence-electron chi connectivity index (χ0n) is 11.3. The van der Waals surface area contributed by atoms with Crippen molar-refractivity contribution in [2.24, 2.45) is 35.3 Å². The van der Waals surface area contributed by atoms with Gasteiger partial charge in [0.15, 0.2) is 0 Å². The van der Waals surface area contributed by atoms with Crippen LogP contribution in [0, 0.1) is 29.6 Å². The molecule has 0 amide bonds. The quantitative estimate of drug-likeness (QED) is 0.728. The fraction of sp³-hybridized carbons (Fsp3) is 1.00. The van der Waals surface area contributed by atoms with E-state index < -0.39 is 0 Å². The summed E-state index contributed by atoms with van der Waals surface area (Å²) >= 11 is 0. The summed E-state index contributed by atoms with van der Waals surface area (Å²) in [6.45, 7) is 7.14. The summed E-state index contributed by atoms with van der Waals surface area (Å²) < 4.78 is 0. The highest BCUT2D eigenvalue weighted by Crippen LogP contribution is 2.51. The fourth-order valence-corrected chi connectivity index (χ4v) is 3.86. The first kappa shape index (κ1) is 12.4. The van der Waals surface area contributed by atoms with Crippen molar-refractivity contribution < 1.29 is 0 Å². The molecule has 0 aliphatic heterocycles. The Morgan fingerprint density at radius 2 is 1.75 bits per heavy atom. The van der Waals surface area contributed by atoms with Crippen LogP contribution in [0.2, 0.25) is 0 Å². The van der Waals surface area contributed by atoms with Crippen LogP contribution < -0.4 is 5.73 Å². The van der Waals surface area contributed by atoms with Crippen LogP contribution in [0.25, 0.3) is 0 Å². The Morgan fingerprint density at radius 3 is 2.19 bits per heavy atom. The molecule has 2 rings (SSSR count). The van der Waals surface area contributed by atoms with Crippen LogP contribution in [0.15, 0.2) is 0 Å². The van der Waals surface area contributed by atoms with E-state index >= 15 is 0 Å². The lowest BCUT2D eigenvalue weighted by Crippen LogP contribution is -2.35. The summed E-state index contributed by atoms with van der Waals surface area (Å²) in [7, 11) is 0. The van der Waals surface area contributed by atoms with Crippen molar-refractivity contribution in [2.75, 3.05) is 0 Å². The smallest absolute Gasteiger partial charge is 0.00737 e. The van der Waals surface area contributed by atoms with Gasteiger partial charge in [0, 0.05) is 6.04 Å². The lowest BCUT2D eigenvalue weighted by atomic mass is 9.62. The standard InChI is InChI=1S/C15H29N/c1-4-6-11(5-2)13-7-12(8-13)10(3)14-9-15(14)16/h10-15H,4-9,16H2,1-3H3. The third kappa shape index (κ3) is 2.45. The second-order valence-corrected chi connectivity index (χ2v) is 6.37. The van der Waals surface area contributed by atoms with Gasteiger partial charge in [0.2, 0.25) is 0 Å². The van der Waals surface area contributed by atoms with Crippen molar-refractivity contribution in [3.8, 4) is 0 Å². The molecule has 94 valence electrons. The predicted molar refractivity (Wildman–Crippen MR) is 70.1 cm³/mol. The van der Waals surface area contributed by atoms with Crippen molar-refractivity contribution in [1.82, 2.24) is 0 Å². The molecule has 4 atom stereocenters. The van der Waals surface area contributed by atoms with Crippen molar-refractivity contribution >= 4 is 0 Å². The van der Waals surface area contributed by atoms with Crippen LogP contribution in [0.1, 0.15) is 59.3 Å². The van der Waals surface area contributed by atoms with E-state index in [1.54, 1.807) is 0 Å². The molecule has 2 aliphatic carbocycles. The molecule has 0 aromatic rings. The molecule has 2 saturated carbocycles. The van der Waals surface area contributed by atoms with Crippen LogP contribution in [0.4, 0.5) is 0 Å². The van der Waals surface area contributed by atoms with E-state index in [1.165, 1.54) is 38.5 Å². The molecule has 0 aromatic carbocycles. The third-order valence-corrected chi connectivity index (χ3v) is 5.37. The Bertz CT molecular complexity index is 213. The van der Waals surface area contributed by atoms with E-state index in [9.17, 15) is 0 Å². The molecule has 2 aliphatic rings. The Hall–Kier alpha value is -0.0400. The lowest BCUT2D eigenvalue weighted by Gasteiger charge is -2.43. The molecule has 0 radical (unpaired) electrons. The van der Waals surface area contributed by atoms with Gasteiger partial charge in [0.1, 0.15) is 0 Å². The first-order chi connectivity index (χ1) is 7.67. The topological polar surface area (TPSA) is 26.0 Å². The van der Waals surface area contributed by atoms with Crippen molar-refractivity contribution in [1.29, 1.82) is 0 Å². The normalized spacial score (nSPS) is 41.2. The monoisotopic (exact) mass is 223 g/mol. The predicted octanol–water partition coefficient (Wildman–Crippen LogP) is 3.82. The Balaban J connectivity index is 1.72. The van der Waals surface area contributed by atoms with E-state index in [-0.39, 0.29) is 0 Å².